The molecule has 1 aromatic heterocycles. The molecule has 0 radical (unpaired) electrons. The van der Waals surface area contributed by atoms with Crippen LogP contribution in [0.1, 0.15) is 36.1 Å². The number of aromatic nitrogens is 3. The average Bonchev–Trinajstić information content (AvgIpc) is 3.25. The Morgan fingerprint density at radius 1 is 1.38 bits per heavy atom. The van der Waals surface area contributed by atoms with E-state index in [1.165, 1.54) is 12.0 Å². The molecular weight excluding hydrogens is 304 g/mol. The molecule has 6 heteroatoms. The summed E-state index contributed by atoms with van der Waals surface area (Å²) in [6.07, 6.45) is 4.36. The van der Waals surface area contributed by atoms with Gasteiger partial charge in [-0.05, 0) is 25.5 Å². The molecule has 6 nitrogen and oxygen atoms in total. The van der Waals surface area contributed by atoms with Crippen LogP contribution in [0.25, 0.3) is 0 Å². The van der Waals surface area contributed by atoms with Gasteiger partial charge in [0.05, 0.1) is 7.11 Å². The molecule has 1 atom stereocenters. The maximum atomic E-state index is 5.86. The van der Waals surface area contributed by atoms with Crippen molar-refractivity contribution in [2.24, 2.45) is 0 Å². The van der Waals surface area contributed by atoms with E-state index >= 15 is 0 Å². The van der Waals surface area contributed by atoms with Crippen molar-refractivity contribution in [3.8, 4) is 11.5 Å². The maximum Gasteiger partial charge on any atom is 0.134 e. The molecule has 0 saturated carbocycles. The van der Waals surface area contributed by atoms with Gasteiger partial charge in [-0.25, -0.2) is 0 Å². The average molecular weight is 328 g/mol. The molecule has 0 fully saturated rings. The topological polar surface area (TPSA) is 61.2 Å². The molecule has 1 N–H and O–H groups in total. The fourth-order valence-corrected chi connectivity index (χ4v) is 3.63. The molecule has 4 rings (SSSR count). The number of benzene rings is 1. The van der Waals surface area contributed by atoms with Gasteiger partial charge in [-0.1, -0.05) is 0 Å². The summed E-state index contributed by atoms with van der Waals surface area (Å²) in [7, 11) is 1.73. The van der Waals surface area contributed by atoms with Crippen molar-refractivity contribution in [2.45, 2.75) is 51.8 Å². The van der Waals surface area contributed by atoms with Gasteiger partial charge >= 0.3 is 0 Å². The minimum atomic E-state index is 0.253. The van der Waals surface area contributed by atoms with Gasteiger partial charge in [0.1, 0.15) is 29.3 Å². The predicted octanol–water partition coefficient (Wildman–Crippen LogP) is 1.89. The number of ether oxygens (including phenoxy) is 2. The van der Waals surface area contributed by atoms with Crippen LogP contribution in [0, 0.1) is 0 Å². The van der Waals surface area contributed by atoms with E-state index in [2.05, 4.69) is 39.1 Å². The Morgan fingerprint density at radius 2 is 2.29 bits per heavy atom. The first-order chi connectivity index (χ1) is 11.7. The third-order valence-electron chi connectivity index (χ3n) is 4.83. The molecule has 1 aromatic carbocycles. The van der Waals surface area contributed by atoms with Gasteiger partial charge in [0.25, 0.3) is 0 Å². The Morgan fingerprint density at radius 3 is 3.17 bits per heavy atom. The highest BCUT2D eigenvalue weighted by Gasteiger charge is 2.21. The highest BCUT2D eigenvalue weighted by Crippen LogP contribution is 2.34. The number of rotatable bonds is 6. The molecule has 0 saturated heterocycles. The number of aryl methyl sites for hydroxylation is 1. The molecule has 2 aliphatic heterocycles. The monoisotopic (exact) mass is 328 g/mol. The highest BCUT2D eigenvalue weighted by atomic mass is 16.5. The quantitative estimate of drug-likeness (QED) is 0.821. The van der Waals surface area contributed by atoms with Gasteiger partial charge in [0.2, 0.25) is 0 Å². The van der Waals surface area contributed by atoms with Gasteiger partial charge in [-0.15, -0.1) is 10.2 Å². The van der Waals surface area contributed by atoms with E-state index in [-0.39, 0.29) is 6.10 Å². The van der Waals surface area contributed by atoms with Gasteiger partial charge in [-0.3, -0.25) is 0 Å². The predicted molar refractivity (Wildman–Crippen MR) is 90.5 cm³/mol. The fourth-order valence-electron chi connectivity index (χ4n) is 3.63. The van der Waals surface area contributed by atoms with Gasteiger partial charge in [0, 0.05) is 50.0 Å². The van der Waals surface area contributed by atoms with Crippen molar-refractivity contribution in [2.75, 3.05) is 13.7 Å². The molecule has 3 heterocycles. The van der Waals surface area contributed by atoms with E-state index in [4.69, 9.17) is 9.47 Å². The zero-order chi connectivity index (χ0) is 16.5. The summed E-state index contributed by atoms with van der Waals surface area (Å²) in [6, 6.07) is 4.22. The van der Waals surface area contributed by atoms with Crippen molar-refractivity contribution in [3.63, 3.8) is 0 Å². The van der Waals surface area contributed by atoms with Crippen LogP contribution in [0.4, 0.5) is 0 Å². The molecule has 0 unspecified atom stereocenters. The van der Waals surface area contributed by atoms with Crippen molar-refractivity contribution >= 4 is 0 Å². The van der Waals surface area contributed by atoms with E-state index in [0.717, 1.165) is 67.6 Å². The van der Waals surface area contributed by atoms with Crippen LogP contribution in [-0.2, 0) is 32.4 Å². The minimum absolute atomic E-state index is 0.253. The van der Waals surface area contributed by atoms with Gasteiger partial charge < -0.3 is 19.4 Å². The fraction of sp³-hybridized carbons (Fsp3) is 0.556. The summed E-state index contributed by atoms with van der Waals surface area (Å²) >= 11 is 0. The van der Waals surface area contributed by atoms with Crippen LogP contribution in [0.5, 0.6) is 11.5 Å². The number of fused-ring (bicyclic) bond motifs is 2. The second-order valence-corrected chi connectivity index (χ2v) is 6.62. The number of nitrogens with zero attached hydrogens (tertiary/aromatic N) is 3. The Balaban J connectivity index is 1.36. The highest BCUT2D eigenvalue weighted by molar-refractivity contribution is 5.48. The van der Waals surface area contributed by atoms with Gasteiger partial charge in [-0.2, -0.15) is 0 Å². The standard InChI is InChI=1S/C18H24N4O2/c1-12-8-13-9-15(23-2)14(10-16(13)24-12)11-19-6-5-18-21-20-17-4-3-7-22(17)18/h9-10,12,19H,3-8,11H2,1-2H3/t12-/m1/s1. The maximum absolute atomic E-state index is 5.86. The van der Waals surface area contributed by atoms with E-state index in [1.807, 2.05) is 0 Å². The number of nitrogens with one attached hydrogen (secondary N) is 1. The van der Waals surface area contributed by atoms with Crippen molar-refractivity contribution in [1.82, 2.24) is 20.1 Å². The first kappa shape index (κ1) is 15.4. The van der Waals surface area contributed by atoms with Crippen molar-refractivity contribution < 1.29 is 9.47 Å². The lowest BCUT2D eigenvalue weighted by atomic mass is 10.1. The van der Waals surface area contributed by atoms with E-state index < -0.39 is 0 Å². The molecule has 2 aromatic rings. The van der Waals surface area contributed by atoms with Crippen LogP contribution < -0.4 is 14.8 Å². The summed E-state index contributed by atoms with van der Waals surface area (Å²) in [5.41, 5.74) is 2.37. The van der Waals surface area contributed by atoms with Crippen molar-refractivity contribution in [3.05, 3.63) is 34.9 Å². The smallest absolute Gasteiger partial charge is 0.134 e. The summed E-state index contributed by atoms with van der Waals surface area (Å²) in [6.45, 7) is 4.79. The third-order valence-corrected chi connectivity index (χ3v) is 4.83. The van der Waals surface area contributed by atoms with Crippen LogP contribution in [0.15, 0.2) is 12.1 Å². The first-order valence-electron chi connectivity index (χ1n) is 8.72. The van der Waals surface area contributed by atoms with E-state index in [1.54, 1.807) is 7.11 Å². The molecule has 24 heavy (non-hydrogen) atoms. The Hall–Kier alpha value is -2.08. The van der Waals surface area contributed by atoms with E-state index in [0.29, 0.717) is 0 Å². The summed E-state index contributed by atoms with van der Waals surface area (Å²) < 4.78 is 13.7. The summed E-state index contributed by atoms with van der Waals surface area (Å²) in [5.74, 6) is 4.15. The normalized spacial score (nSPS) is 18.3. The molecule has 0 bridgehead atoms. The van der Waals surface area contributed by atoms with Crippen molar-refractivity contribution in [1.29, 1.82) is 0 Å². The lowest BCUT2D eigenvalue weighted by Crippen LogP contribution is -2.19. The molecule has 0 aliphatic carbocycles. The first-order valence-corrected chi connectivity index (χ1v) is 8.72. The second kappa shape index (κ2) is 6.43. The second-order valence-electron chi connectivity index (χ2n) is 6.62. The number of hydrogen-bond donors (Lipinski definition) is 1. The molecule has 0 amide bonds. The Kier molecular flexibility index (Phi) is 4.14. The van der Waals surface area contributed by atoms with Crippen LogP contribution in [0.3, 0.4) is 0 Å². The summed E-state index contributed by atoms with van der Waals surface area (Å²) in [5, 5.41) is 12.0. The molecule has 2 aliphatic rings. The summed E-state index contributed by atoms with van der Waals surface area (Å²) in [4.78, 5) is 0. The third kappa shape index (κ3) is 2.86. The number of hydrogen-bond acceptors (Lipinski definition) is 5. The van der Waals surface area contributed by atoms with Crippen LogP contribution in [0.2, 0.25) is 0 Å². The molecule has 128 valence electrons. The van der Waals surface area contributed by atoms with Gasteiger partial charge in [0.15, 0.2) is 0 Å². The lowest BCUT2D eigenvalue weighted by Gasteiger charge is -2.12. The van der Waals surface area contributed by atoms with Crippen LogP contribution in [-0.4, -0.2) is 34.5 Å². The zero-order valence-electron chi connectivity index (χ0n) is 14.3. The van der Waals surface area contributed by atoms with E-state index in [9.17, 15) is 0 Å². The molecular formula is C18H24N4O2. The number of methoxy groups -OCH3 is 1. The van der Waals surface area contributed by atoms with Crippen LogP contribution >= 0.6 is 0 Å². The Labute approximate surface area is 142 Å². The lowest BCUT2D eigenvalue weighted by molar-refractivity contribution is 0.254. The Bertz CT molecular complexity index is 741. The molecule has 0 spiro atoms. The zero-order valence-corrected chi connectivity index (χ0v) is 14.3. The largest absolute Gasteiger partial charge is 0.496 e. The SMILES string of the molecule is COc1cc2c(cc1CNCCc1nnc3n1CCC3)O[C@H](C)C2. The minimum Gasteiger partial charge on any atom is -0.496 e.